The van der Waals surface area contributed by atoms with Gasteiger partial charge in [0.25, 0.3) is 0 Å². The standard InChI is InChI=1S/C28H34O/c1-3-4-5-8-17-24-20-25-26(29)18-19-28(25,21(2)22-13-9-6-10-14-22)27(24)23-15-11-7-12-16-23/h6-7,9-16,25-26,29H,2-5,8,17-20H2,1H3/t25-,26+,28-/m0/s1. The second-order valence-electron chi connectivity index (χ2n) is 8.89. The summed E-state index contributed by atoms with van der Waals surface area (Å²) in [6, 6.07) is 21.5. The second kappa shape index (κ2) is 8.71. The Morgan fingerprint density at radius 2 is 1.69 bits per heavy atom. The molecule has 3 atom stereocenters. The van der Waals surface area contributed by atoms with Gasteiger partial charge in [0.15, 0.2) is 0 Å². The van der Waals surface area contributed by atoms with Gasteiger partial charge in [0, 0.05) is 11.3 Å². The highest BCUT2D eigenvalue weighted by molar-refractivity contribution is 5.90. The van der Waals surface area contributed by atoms with Crippen LogP contribution in [0.4, 0.5) is 0 Å². The van der Waals surface area contributed by atoms with Crippen LogP contribution in [-0.2, 0) is 0 Å². The minimum Gasteiger partial charge on any atom is -0.393 e. The number of aliphatic hydroxyl groups is 1. The van der Waals surface area contributed by atoms with Gasteiger partial charge in [-0.25, -0.2) is 0 Å². The molecule has 0 aromatic heterocycles. The SMILES string of the molecule is C=C(c1ccccc1)[C@@]12CC[C@@H](O)[C@@H]1CC(CCCCCC)=C2c1ccccc1. The zero-order chi connectivity index (χ0) is 20.3. The van der Waals surface area contributed by atoms with E-state index in [9.17, 15) is 5.11 Å². The number of hydrogen-bond acceptors (Lipinski definition) is 1. The Kier molecular flexibility index (Phi) is 6.06. The molecule has 0 spiro atoms. The van der Waals surface area contributed by atoms with Crippen molar-refractivity contribution in [2.24, 2.45) is 11.3 Å². The van der Waals surface area contributed by atoms with Gasteiger partial charge in [0.1, 0.15) is 0 Å². The zero-order valence-electron chi connectivity index (χ0n) is 17.7. The number of unbranched alkanes of at least 4 members (excludes halogenated alkanes) is 3. The van der Waals surface area contributed by atoms with E-state index in [1.807, 2.05) is 0 Å². The molecule has 4 rings (SSSR count). The smallest absolute Gasteiger partial charge is 0.0583 e. The third-order valence-electron chi connectivity index (χ3n) is 7.25. The summed E-state index contributed by atoms with van der Waals surface area (Å²) in [6.45, 7) is 6.92. The number of allylic oxidation sites excluding steroid dienone is 3. The van der Waals surface area contributed by atoms with E-state index in [0.29, 0.717) is 0 Å². The first-order chi connectivity index (χ1) is 14.2. The molecule has 2 aromatic rings. The Bertz CT molecular complexity index is 864. The maximum Gasteiger partial charge on any atom is 0.0583 e. The Hall–Kier alpha value is -2.12. The maximum atomic E-state index is 11.0. The van der Waals surface area contributed by atoms with Crippen LogP contribution in [0, 0.1) is 11.3 Å². The van der Waals surface area contributed by atoms with E-state index in [0.717, 1.165) is 25.7 Å². The summed E-state index contributed by atoms with van der Waals surface area (Å²) in [4.78, 5) is 0. The lowest BCUT2D eigenvalue weighted by Gasteiger charge is -2.37. The number of aliphatic hydroxyl groups excluding tert-OH is 1. The van der Waals surface area contributed by atoms with Crippen LogP contribution in [0.25, 0.3) is 11.1 Å². The van der Waals surface area contributed by atoms with E-state index >= 15 is 0 Å². The number of fused-ring (bicyclic) bond motifs is 1. The summed E-state index contributed by atoms with van der Waals surface area (Å²) in [6.07, 6.45) is 8.91. The van der Waals surface area contributed by atoms with Crippen LogP contribution in [0.3, 0.4) is 0 Å². The zero-order valence-corrected chi connectivity index (χ0v) is 17.7. The summed E-state index contributed by atoms with van der Waals surface area (Å²) >= 11 is 0. The van der Waals surface area contributed by atoms with Crippen molar-refractivity contribution in [2.45, 2.75) is 64.4 Å². The average Bonchev–Trinajstić information content (AvgIpc) is 3.27. The molecular formula is C28H34O. The van der Waals surface area contributed by atoms with Gasteiger partial charge in [-0.2, -0.15) is 0 Å². The van der Waals surface area contributed by atoms with E-state index < -0.39 is 0 Å². The van der Waals surface area contributed by atoms with Crippen molar-refractivity contribution < 1.29 is 5.11 Å². The lowest BCUT2D eigenvalue weighted by Crippen LogP contribution is -2.29. The van der Waals surface area contributed by atoms with Gasteiger partial charge >= 0.3 is 0 Å². The lowest BCUT2D eigenvalue weighted by atomic mass is 9.66. The van der Waals surface area contributed by atoms with Crippen molar-refractivity contribution >= 4 is 11.1 Å². The van der Waals surface area contributed by atoms with E-state index in [1.54, 1.807) is 5.57 Å². The van der Waals surface area contributed by atoms with Crippen molar-refractivity contribution in [1.29, 1.82) is 0 Å². The molecule has 0 saturated heterocycles. The van der Waals surface area contributed by atoms with Crippen LogP contribution in [0.1, 0.15) is 69.4 Å². The van der Waals surface area contributed by atoms with Crippen LogP contribution in [0.2, 0.25) is 0 Å². The highest BCUT2D eigenvalue weighted by atomic mass is 16.3. The fourth-order valence-corrected chi connectivity index (χ4v) is 5.88. The summed E-state index contributed by atoms with van der Waals surface area (Å²) in [5, 5.41) is 11.0. The van der Waals surface area contributed by atoms with Gasteiger partial charge in [-0.3, -0.25) is 0 Å². The molecular weight excluding hydrogens is 352 g/mol. The Morgan fingerprint density at radius 1 is 1.00 bits per heavy atom. The van der Waals surface area contributed by atoms with Crippen molar-refractivity contribution in [1.82, 2.24) is 0 Å². The molecule has 2 aliphatic carbocycles. The molecule has 1 N–H and O–H groups in total. The molecule has 0 unspecified atom stereocenters. The Balaban J connectivity index is 1.80. The summed E-state index contributed by atoms with van der Waals surface area (Å²) < 4.78 is 0. The number of hydrogen-bond donors (Lipinski definition) is 1. The molecule has 29 heavy (non-hydrogen) atoms. The molecule has 0 heterocycles. The fourth-order valence-electron chi connectivity index (χ4n) is 5.88. The van der Waals surface area contributed by atoms with Crippen LogP contribution in [-0.4, -0.2) is 11.2 Å². The Morgan fingerprint density at radius 3 is 2.38 bits per heavy atom. The van der Waals surface area contributed by atoms with Crippen LogP contribution < -0.4 is 0 Å². The molecule has 2 aliphatic rings. The van der Waals surface area contributed by atoms with Crippen molar-refractivity contribution in [3.63, 3.8) is 0 Å². The van der Waals surface area contributed by atoms with Crippen LogP contribution in [0.15, 0.2) is 72.8 Å². The van der Waals surface area contributed by atoms with Gasteiger partial charge in [0.05, 0.1) is 6.10 Å². The highest BCUT2D eigenvalue weighted by Gasteiger charge is 2.56. The first-order valence-corrected chi connectivity index (χ1v) is 11.4. The monoisotopic (exact) mass is 386 g/mol. The summed E-state index contributed by atoms with van der Waals surface area (Å²) in [5.41, 5.74) is 6.64. The maximum absolute atomic E-state index is 11.0. The molecule has 0 bridgehead atoms. The molecule has 152 valence electrons. The molecule has 2 aromatic carbocycles. The summed E-state index contributed by atoms with van der Waals surface area (Å²) in [5.74, 6) is 0.256. The van der Waals surface area contributed by atoms with Crippen molar-refractivity contribution in [3.8, 4) is 0 Å². The first-order valence-electron chi connectivity index (χ1n) is 11.4. The second-order valence-corrected chi connectivity index (χ2v) is 8.89. The average molecular weight is 387 g/mol. The number of rotatable bonds is 8. The Labute approximate surface area is 176 Å². The largest absolute Gasteiger partial charge is 0.393 e. The van der Waals surface area contributed by atoms with E-state index in [-0.39, 0.29) is 17.4 Å². The van der Waals surface area contributed by atoms with Gasteiger partial charge in [0.2, 0.25) is 0 Å². The predicted octanol–water partition coefficient (Wildman–Crippen LogP) is 7.29. The third-order valence-corrected chi connectivity index (χ3v) is 7.25. The van der Waals surface area contributed by atoms with Gasteiger partial charge in [-0.1, -0.05) is 99.0 Å². The van der Waals surface area contributed by atoms with Crippen molar-refractivity contribution in [3.05, 3.63) is 83.9 Å². The molecule has 1 nitrogen and oxygen atoms in total. The van der Waals surface area contributed by atoms with E-state index in [4.69, 9.17) is 0 Å². The quantitative estimate of drug-likeness (QED) is 0.472. The lowest BCUT2D eigenvalue weighted by molar-refractivity contribution is 0.120. The molecule has 0 radical (unpaired) electrons. The number of benzene rings is 2. The molecule has 1 saturated carbocycles. The normalized spacial score (nSPS) is 26.0. The van der Waals surface area contributed by atoms with Crippen LogP contribution >= 0.6 is 0 Å². The molecule has 1 heteroatoms. The minimum absolute atomic E-state index is 0.137. The van der Waals surface area contributed by atoms with Crippen LogP contribution in [0.5, 0.6) is 0 Å². The molecule has 0 amide bonds. The molecule has 1 fully saturated rings. The minimum atomic E-state index is -0.234. The topological polar surface area (TPSA) is 20.2 Å². The summed E-state index contributed by atoms with van der Waals surface area (Å²) in [7, 11) is 0. The van der Waals surface area contributed by atoms with E-state index in [1.165, 1.54) is 48.0 Å². The molecule has 0 aliphatic heterocycles. The fraction of sp³-hybridized carbons (Fsp3) is 0.429. The van der Waals surface area contributed by atoms with E-state index in [2.05, 4.69) is 74.2 Å². The van der Waals surface area contributed by atoms with Gasteiger partial charge in [-0.15, -0.1) is 0 Å². The van der Waals surface area contributed by atoms with Gasteiger partial charge in [-0.05, 0) is 54.4 Å². The predicted molar refractivity (Wildman–Crippen MR) is 123 cm³/mol. The van der Waals surface area contributed by atoms with Gasteiger partial charge < -0.3 is 5.11 Å². The first kappa shape index (κ1) is 20.2. The highest BCUT2D eigenvalue weighted by Crippen LogP contribution is 2.66. The van der Waals surface area contributed by atoms with Crippen molar-refractivity contribution in [2.75, 3.05) is 0 Å². The third kappa shape index (κ3) is 3.62.